The molecule has 3 aromatic carbocycles. The number of fused-ring (bicyclic) bond motifs is 1. The van der Waals surface area contributed by atoms with Gasteiger partial charge in [-0.1, -0.05) is 66.4 Å². The van der Waals surface area contributed by atoms with Crippen molar-refractivity contribution >= 4 is 34.1 Å². The Bertz CT molecular complexity index is 1450. The molecule has 0 bridgehead atoms. The zero-order chi connectivity index (χ0) is 24.2. The van der Waals surface area contributed by atoms with E-state index in [1.165, 1.54) is 11.8 Å². The maximum Gasteiger partial charge on any atom is 0.234 e. The van der Waals surface area contributed by atoms with Crippen LogP contribution in [0.15, 0.2) is 78.0 Å². The van der Waals surface area contributed by atoms with E-state index in [4.69, 9.17) is 4.74 Å². The molecule has 2 N–H and O–H groups in total. The van der Waals surface area contributed by atoms with E-state index in [0.29, 0.717) is 16.7 Å². The number of para-hydroxylation sites is 1. The molecule has 0 saturated heterocycles. The number of nitrogens with one attached hydrogen (secondary N) is 2. The van der Waals surface area contributed by atoms with Gasteiger partial charge in [-0.3, -0.25) is 14.5 Å². The first-order valence-corrected chi connectivity index (χ1v) is 12.1. The molecule has 2 aromatic heterocycles. The van der Waals surface area contributed by atoms with Gasteiger partial charge in [0.25, 0.3) is 0 Å². The van der Waals surface area contributed by atoms with Gasteiger partial charge in [0.2, 0.25) is 5.91 Å². The van der Waals surface area contributed by atoms with Crippen molar-refractivity contribution in [3.8, 4) is 11.4 Å². The zero-order valence-electron chi connectivity index (χ0n) is 19.4. The number of hydrogen-bond donors (Lipinski definition) is 2. The van der Waals surface area contributed by atoms with Gasteiger partial charge in [0.15, 0.2) is 11.0 Å². The number of carbonyl (C=O) groups is 1. The summed E-state index contributed by atoms with van der Waals surface area (Å²) in [6.07, 6.45) is 0. The highest BCUT2D eigenvalue weighted by molar-refractivity contribution is 7.99. The lowest BCUT2D eigenvalue weighted by Crippen LogP contribution is -2.15. The standard InChI is InChI=1S/C26H24N6O2S/c1-17-25(18(2)29-28-17)27-24(33)16-35-26-31-30-23(32(26)20-11-4-3-5-12-20)15-34-22-14-8-10-19-9-6-7-13-21(19)22/h3-14H,15-16H2,1-2H3,(H,27,33)(H,28,29). The van der Waals surface area contributed by atoms with Crippen LogP contribution in [0.2, 0.25) is 0 Å². The Hall–Kier alpha value is -4.11. The molecule has 35 heavy (non-hydrogen) atoms. The van der Waals surface area contributed by atoms with E-state index in [1.807, 2.05) is 79.1 Å². The van der Waals surface area contributed by atoms with Crippen LogP contribution in [0.5, 0.6) is 5.75 Å². The van der Waals surface area contributed by atoms with E-state index in [0.717, 1.165) is 33.6 Å². The van der Waals surface area contributed by atoms with Crippen LogP contribution in [0.3, 0.4) is 0 Å². The summed E-state index contributed by atoms with van der Waals surface area (Å²) in [5.74, 6) is 1.47. The Morgan fingerprint density at radius 1 is 1.00 bits per heavy atom. The summed E-state index contributed by atoms with van der Waals surface area (Å²) in [4.78, 5) is 12.6. The number of aromatic nitrogens is 5. The average Bonchev–Trinajstić information content (AvgIpc) is 3.44. The molecule has 0 radical (unpaired) electrons. The number of anilines is 1. The first-order chi connectivity index (χ1) is 17.1. The molecule has 176 valence electrons. The van der Waals surface area contributed by atoms with Crippen molar-refractivity contribution in [2.75, 3.05) is 11.1 Å². The number of amides is 1. The predicted octanol–water partition coefficient (Wildman–Crippen LogP) is 5.07. The maximum absolute atomic E-state index is 12.6. The van der Waals surface area contributed by atoms with Crippen LogP contribution in [0.1, 0.15) is 17.2 Å². The topological polar surface area (TPSA) is 97.7 Å². The molecule has 0 aliphatic heterocycles. The Balaban J connectivity index is 1.36. The molecule has 0 unspecified atom stereocenters. The van der Waals surface area contributed by atoms with Gasteiger partial charge in [0.05, 0.1) is 22.8 Å². The third-order valence-corrected chi connectivity index (χ3v) is 6.48. The SMILES string of the molecule is Cc1n[nH]c(C)c1NC(=O)CSc1nnc(COc2cccc3ccccc23)n1-c1ccccc1. The van der Waals surface area contributed by atoms with Gasteiger partial charge in [-0.2, -0.15) is 5.10 Å². The lowest BCUT2D eigenvalue weighted by atomic mass is 10.1. The molecule has 0 fully saturated rings. The summed E-state index contributed by atoms with van der Waals surface area (Å²) in [5, 5.41) is 21.4. The Kier molecular flexibility index (Phi) is 6.49. The summed E-state index contributed by atoms with van der Waals surface area (Å²) in [6.45, 7) is 3.95. The molecule has 0 spiro atoms. The van der Waals surface area contributed by atoms with E-state index in [1.54, 1.807) is 0 Å². The highest BCUT2D eigenvalue weighted by Gasteiger charge is 2.18. The van der Waals surface area contributed by atoms with E-state index < -0.39 is 0 Å². The highest BCUT2D eigenvalue weighted by Crippen LogP contribution is 2.27. The number of carbonyl (C=O) groups excluding carboxylic acids is 1. The number of hydrogen-bond acceptors (Lipinski definition) is 6. The van der Waals surface area contributed by atoms with E-state index in [-0.39, 0.29) is 18.3 Å². The van der Waals surface area contributed by atoms with Crippen molar-refractivity contribution in [2.24, 2.45) is 0 Å². The summed E-state index contributed by atoms with van der Waals surface area (Å²) in [5.41, 5.74) is 3.19. The minimum Gasteiger partial charge on any atom is -0.485 e. The molecule has 0 aliphatic rings. The van der Waals surface area contributed by atoms with Gasteiger partial charge in [-0.05, 0) is 37.4 Å². The quantitative estimate of drug-likeness (QED) is 0.299. The molecule has 0 aliphatic carbocycles. The summed E-state index contributed by atoms with van der Waals surface area (Å²) in [6, 6.07) is 23.9. The molecule has 5 rings (SSSR count). The van der Waals surface area contributed by atoms with Crippen LogP contribution in [0, 0.1) is 13.8 Å². The molecular weight excluding hydrogens is 460 g/mol. The molecule has 1 amide bonds. The van der Waals surface area contributed by atoms with Gasteiger partial charge >= 0.3 is 0 Å². The lowest BCUT2D eigenvalue weighted by Gasteiger charge is -2.12. The molecular formula is C26H24N6O2S. The normalized spacial score (nSPS) is 11.0. The Morgan fingerprint density at radius 2 is 1.77 bits per heavy atom. The second-order valence-electron chi connectivity index (χ2n) is 7.98. The number of H-pyrrole nitrogens is 1. The minimum atomic E-state index is -0.140. The van der Waals surface area contributed by atoms with Gasteiger partial charge in [0, 0.05) is 11.1 Å². The second-order valence-corrected chi connectivity index (χ2v) is 8.92. The molecule has 0 saturated carbocycles. The Labute approximate surface area is 206 Å². The fourth-order valence-corrected chi connectivity index (χ4v) is 4.60. The van der Waals surface area contributed by atoms with E-state index in [2.05, 4.69) is 37.8 Å². The largest absolute Gasteiger partial charge is 0.485 e. The first kappa shape index (κ1) is 22.7. The number of rotatable bonds is 8. The average molecular weight is 485 g/mol. The van der Waals surface area contributed by atoms with E-state index in [9.17, 15) is 4.79 Å². The first-order valence-electron chi connectivity index (χ1n) is 11.1. The Morgan fingerprint density at radius 3 is 2.57 bits per heavy atom. The van der Waals surface area contributed by atoms with Gasteiger partial charge in [-0.25, -0.2) is 0 Å². The lowest BCUT2D eigenvalue weighted by molar-refractivity contribution is -0.113. The van der Waals surface area contributed by atoms with Gasteiger partial charge in [-0.15, -0.1) is 10.2 Å². The third kappa shape index (κ3) is 4.90. The van der Waals surface area contributed by atoms with Crippen LogP contribution >= 0.6 is 11.8 Å². The zero-order valence-corrected chi connectivity index (χ0v) is 20.2. The van der Waals surface area contributed by atoms with Crippen LogP contribution in [-0.4, -0.2) is 36.6 Å². The van der Waals surface area contributed by atoms with Crippen LogP contribution in [-0.2, 0) is 11.4 Å². The minimum absolute atomic E-state index is 0.140. The highest BCUT2D eigenvalue weighted by atomic mass is 32.2. The number of nitrogens with zero attached hydrogens (tertiary/aromatic N) is 4. The molecule has 0 atom stereocenters. The fourth-order valence-electron chi connectivity index (χ4n) is 3.83. The van der Waals surface area contributed by atoms with Crippen molar-refractivity contribution in [1.29, 1.82) is 0 Å². The van der Waals surface area contributed by atoms with Crippen LogP contribution in [0.4, 0.5) is 5.69 Å². The number of aromatic amines is 1. The molecule has 8 nitrogen and oxygen atoms in total. The molecule has 2 heterocycles. The van der Waals surface area contributed by atoms with Crippen LogP contribution < -0.4 is 10.1 Å². The van der Waals surface area contributed by atoms with E-state index >= 15 is 0 Å². The van der Waals surface area contributed by atoms with Crippen molar-refractivity contribution in [2.45, 2.75) is 25.6 Å². The number of ether oxygens (including phenoxy) is 1. The fraction of sp³-hybridized carbons (Fsp3) is 0.154. The summed E-state index contributed by atoms with van der Waals surface area (Å²) >= 11 is 1.32. The summed E-state index contributed by atoms with van der Waals surface area (Å²) < 4.78 is 8.11. The maximum atomic E-state index is 12.6. The van der Waals surface area contributed by atoms with Crippen molar-refractivity contribution in [3.05, 3.63) is 90.0 Å². The van der Waals surface area contributed by atoms with Crippen LogP contribution in [0.25, 0.3) is 16.5 Å². The smallest absolute Gasteiger partial charge is 0.234 e. The monoisotopic (exact) mass is 484 g/mol. The van der Waals surface area contributed by atoms with Gasteiger partial charge in [0.1, 0.15) is 12.4 Å². The van der Waals surface area contributed by atoms with Gasteiger partial charge < -0.3 is 10.1 Å². The van der Waals surface area contributed by atoms with Crippen molar-refractivity contribution < 1.29 is 9.53 Å². The third-order valence-electron chi connectivity index (χ3n) is 5.55. The number of aryl methyl sites for hydroxylation is 2. The molecule has 9 heteroatoms. The van der Waals surface area contributed by atoms with Crippen molar-refractivity contribution in [3.63, 3.8) is 0 Å². The van der Waals surface area contributed by atoms with Crippen molar-refractivity contribution in [1.82, 2.24) is 25.0 Å². The number of benzene rings is 3. The predicted molar refractivity (Wildman–Crippen MR) is 137 cm³/mol. The summed E-state index contributed by atoms with van der Waals surface area (Å²) in [7, 11) is 0. The second kappa shape index (κ2) is 10.0. The molecule has 5 aromatic rings. The number of thioether (sulfide) groups is 1.